The van der Waals surface area contributed by atoms with Crippen LogP contribution in [0.1, 0.15) is 48.5 Å². The van der Waals surface area contributed by atoms with Gasteiger partial charge in [0.1, 0.15) is 11.6 Å². The number of carbonyl (C=O) groups is 1. The van der Waals surface area contributed by atoms with E-state index in [2.05, 4.69) is 10.1 Å². The van der Waals surface area contributed by atoms with E-state index in [1.807, 2.05) is 7.05 Å². The van der Waals surface area contributed by atoms with Crippen LogP contribution in [-0.4, -0.2) is 39.2 Å². The van der Waals surface area contributed by atoms with Gasteiger partial charge in [-0.2, -0.15) is 0 Å². The van der Waals surface area contributed by atoms with Gasteiger partial charge in [-0.1, -0.05) is 19.3 Å². The van der Waals surface area contributed by atoms with Crippen molar-refractivity contribution in [3.8, 4) is 5.69 Å². The number of hydrogen-bond acceptors (Lipinski definition) is 3. The quantitative estimate of drug-likeness (QED) is 0.863. The molecule has 1 heterocycles. The molecular weight excluding hydrogens is 307 g/mol. The predicted octanol–water partition coefficient (Wildman–Crippen LogP) is 3.37. The summed E-state index contributed by atoms with van der Waals surface area (Å²) in [5.74, 6) is 0.906. The van der Waals surface area contributed by atoms with Gasteiger partial charge in [0.15, 0.2) is 0 Å². The van der Waals surface area contributed by atoms with E-state index in [0.717, 1.165) is 6.54 Å². The van der Waals surface area contributed by atoms with Crippen molar-refractivity contribution < 1.29 is 9.18 Å². The van der Waals surface area contributed by atoms with E-state index in [9.17, 15) is 9.18 Å². The zero-order valence-corrected chi connectivity index (χ0v) is 14.2. The van der Waals surface area contributed by atoms with E-state index >= 15 is 0 Å². The van der Waals surface area contributed by atoms with Crippen LogP contribution in [0, 0.1) is 18.7 Å². The Morgan fingerprint density at radius 1 is 1.25 bits per heavy atom. The molecule has 6 heteroatoms. The Balaban J connectivity index is 1.73. The van der Waals surface area contributed by atoms with Crippen LogP contribution in [0.5, 0.6) is 0 Å². The molecule has 24 heavy (non-hydrogen) atoms. The molecule has 0 unspecified atom stereocenters. The van der Waals surface area contributed by atoms with Gasteiger partial charge in [-0.25, -0.2) is 14.1 Å². The number of amides is 1. The summed E-state index contributed by atoms with van der Waals surface area (Å²) in [6.07, 6.45) is 6.19. The average Bonchev–Trinajstić information content (AvgIpc) is 2.97. The van der Waals surface area contributed by atoms with Gasteiger partial charge in [0, 0.05) is 13.6 Å². The molecule has 0 radical (unpaired) electrons. The van der Waals surface area contributed by atoms with Gasteiger partial charge in [-0.3, -0.25) is 4.79 Å². The fraction of sp³-hybridized carbons (Fsp3) is 0.500. The molecule has 1 aromatic heterocycles. The summed E-state index contributed by atoms with van der Waals surface area (Å²) >= 11 is 0. The molecule has 1 aliphatic rings. The first-order chi connectivity index (χ1) is 11.5. The maximum atomic E-state index is 13.1. The molecule has 0 spiro atoms. The fourth-order valence-corrected chi connectivity index (χ4v) is 3.32. The molecular formula is C18H23FN4O. The highest BCUT2D eigenvalue weighted by atomic mass is 19.1. The van der Waals surface area contributed by atoms with Crippen molar-refractivity contribution in [2.45, 2.75) is 39.0 Å². The van der Waals surface area contributed by atoms with Crippen molar-refractivity contribution in [3.63, 3.8) is 0 Å². The number of nitrogens with zero attached hydrogens (tertiary/aromatic N) is 4. The maximum absolute atomic E-state index is 13.1. The lowest BCUT2D eigenvalue weighted by Gasteiger charge is -2.26. The first kappa shape index (κ1) is 16.6. The molecule has 0 saturated heterocycles. The number of halogens is 1. The van der Waals surface area contributed by atoms with Crippen LogP contribution in [0.25, 0.3) is 5.69 Å². The zero-order chi connectivity index (χ0) is 17.1. The Morgan fingerprint density at radius 2 is 1.92 bits per heavy atom. The van der Waals surface area contributed by atoms with E-state index in [1.54, 1.807) is 28.6 Å². The fourth-order valence-electron chi connectivity index (χ4n) is 3.32. The molecule has 5 nitrogen and oxygen atoms in total. The second-order valence-corrected chi connectivity index (χ2v) is 6.56. The van der Waals surface area contributed by atoms with Crippen LogP contribution >= 0.6 is 0 Å². The zero-order valence-electron chi connectivity index (χ0n) is 14.2. The molecule has 1 aromatic carbocycles. The number of aryl methyl sites for hydroxylation is 1. The normalized spacial score (nSPS) is 15.5. The SMILES string of the molecule is Cc1nc(C(=O)N(C)CC2CCCCC2)nn1-c1ccc(F)cc1. The Bertz CT molecular complexity index is 704. The Morgan fingerprint density at radius 3 is 2.58 bits per heavy atom. The number of carbonyl (C=O) groups excluding carboxylic acids is 1. The van der Waals surface area contributed by atoms with Crippen LogP contribution in [0.15, 0.2) is 24.3 Å². The monoisotopic (exact) mass is 330 g/mol. The van der Waals surface area contributed by atoms with Gasteiger partial charge >= 0.3 is 0 Å². The van der Waals surface area contributed by atoms with Crippen molar-refractivity contribution in [3.05, 3.63) is 41.7 Å². The minimum atomic E-state index is -0.306. The molecule has 3 rings (SSSR count). The molecule has 0 aliphatic heterocycles. The summed E-state index contributed by atoms with van der Waals surface area (Å²) in [4.78, 5) is 18.6. The molecule has 1 saturated carbocycles. The molecule has 1 amide bonds. The van der Waals surface area contributed by atoms with Gasteiger partial charge in [-0.15, -0.1) is 5.10 Å². The standard InChI is InChI=1S/C18H23FN4O/c1-13-20-17(21-23(13)16-10-8-15(19)9-11-16)18(24)22(2)12-14-6-4-3-5-7-14/h8-11,14H,3-7,12H2,1-2H3. The minimum absolute atomic E-state index is 0.162. The summed E-state index contributed by atoms with van der Waals surface area (Å²) in [7, 11) is 1.81. The molecule has 0 N–H and O–H groups in total. The first-order valence-corrected chi connectivity index (χ1v) is 8.49. The summed E-state index contributed by atoms with van der Waals surface area (Å²) in [6, 6.07) is 5.98. The third-order valence-corrected chi connectivity index (χ3v) is 4.63. The molecule has 2 aromatic rings. The number of aromatic nitrogens is 3. The summed E-state index contributed by atoms with van der Waals surface area (Å²) < 4.78 is 14.6. The lowest BCUT2D eigenvalue weighted by atomic mass is 9.89. The molecule has 0 atom stereocenters. The van der Waals surface area contributed by atoms with Crippen LogP contribution in [0.4, 0.5) is 4.39 Å². The number of hydrogen-bond donors (Lipinski definition) is 0. The largest absolute Gasteiger partial charge is 0.339 e. The minimum Gasteiger partial charge on any atom is -0.339 e. The van der Waals surface area contributed by atoms with Gasteiger partial charge in [0.25, 0.3) is 5.91 Å². The van der Waals surface area contributed by atoms with E-state index in [1.165, 1.54) is 44.2 Å². The van der Waals surface area contributed by atoms with Crippen LogP contribution in [0.2, 0.25) is 0 Å². The van der Waals surface area contributed by atoms with Gasteiger partial charge < -0.3 is 4.90 Å². The number of benzene rings is 1. The van der Waals surface area contributed by atoms with Crippen LogP contribution in [0.3, 0.4) is 0 Å². The predicted molar refractivity (Wildman–Crippen MR) is 89.6 cm³/mol. The Kier molecular flexibility index (Phi) is 4.92. The third kappa shape index (κ3) is 3.63. The second kappa shape index (κ2) is 7.11. The van der Waals surface area contributed by atoms with Crippen molar-refractivity contribution >= 4 is 5.91 Å². The molecule has 0 bridgehead atoms. The number of rotatable bonds is 4. The Labute approximate surface area is 141 Å². The van der Waals surface area contributed by atoms with Crippen molar-refractivity contribution in [1.29, 1.82) is 0 Å². The highest BCUT2D eigenvalue weighted by Crippen LogP contribution is 2.24. The van der Waals surface area contributed by atoms with Crippen molar-refractivity contribution in [2.75, 3.05) is 13.6 Å². The lowest BCUT2D eigenvalue weighted by Crippen LogP contribution is -2.33. The van der Waals surface area contributed by atoms with Gasteiger partial charge in [0.2, 0.25) is 5.82 Å². The topological polar surface area (TPSA) is 51.0 Å². The van der Waals surface area contributed by atoms with Crippen molar-refractivity contribution in [1.82, 2.24) is 19.7 Å². The molecule has 1 fully saturated rings. The lowest BCUT2D eigenvalue weighted by molar-refractivity contribution is 0.0748. The van der Waals surface area contributed by atoms with Crippen molar-refractivity contribution in [2.24, 2.45) is 5.92 Å². The van der Waals surface area contributed by atoms with Crippen LogP contribution in [-0.2, 0) is 0 Å². The summed E-state index contributed by atoms with van der Waals surface area (Å²) in [5.41, 5.74) is 0.690. The highest BCUT2D eigenvalue weighted by molar-refractivity contribution is 5.90. The van der Waals surface area contributed by atoms with Gasteiger partial charge in [0.05, 0.1) is 5.69 Å². The first-order valence-electron chi connectivity index (χ1n) is 8.49. The average molecular weight is 330 g/mol. The van der Waals surface area contributed by atoms with Crippen LogP contribution < -0.4 is 0 Å². The third-order valence-electron chi connectivity index (χ3n) is 4.63. The van der Waals surface area contributed by atoms with Gasteiger partial charge in [-0.05, 0) is 49.9 Å². The smallest absolute Gasteiger partial charge is 0.293 e. The van der Waals surface area contributed by atoms with E-state index in [0.29, 0.717) is 17.4 Å². The van der Waals surface area contributed by atoms with E-state index in [4.69, 9.17) is 0 Å². The Hall–Kier alpha value is -2.24. The highest BCUT2D eigenvalue weighted by Gasteiger charge is 2.22. The summed E-state index contributed by atoms with van der Waals surface area (Å²) in [5, 5.41) is 4.32. The molecule has 128 valence electrons. The van der Waals surface area contributed by atoms with E-state index < -0.39 is 0 Å². The second-order valence-electron chi connectivity index (χ2n) is 6.56. The van der Waals surface area contributed by atoms with E-state index in [-0.39, 0.29) is 17.5 Å². The summed E-state index contributed by atoms with van der Waals surface area (Å²) in [6.45, 7) is 2.54. The molecule has 1 aliphatic carbocycles. The maximum Gasteiger partial charge on any atom is 0.293 e.